The molecule has 0 aliphatic heterocycles. The Hall–Kier alpha value is -0.0100. The van der Waals surface area contributed by atoms with Crippen LogP contribution in [0.3, 0.4) is 0 Å². The Labute approximate surface area is 113 Å². The summed E-state index contributed by atoms with van der Waals surface area (Å²) in [5.74, 6) is 0. The van der Waals surface area contributed by atoms with Gasteiger partial charge < -0.3 is 0 Å². The van der Waals surface area contributed by atoms with Gasteiger partial charge in [0.05, 0.1) is 0 Å². The predicted molar refractivity (Wildman–Crippen MR) is 76.6 cm³/mol. The Balaban J connectivity index is 2.33. The highest BCUT2D eigenvalue weighted by Gasteiger charge is 2.20. The summed E-state index contributed by atoms with van der Waals surface area (Å²) in [6.07, 6.45) is 3.57. The maximum absolute atomic E-state index is 5.85. The first-order valence-electron chi connectivity index (χ1n) is 5.78. The van der Waals surface area contributed by atoms with Gasteiger partial charge in [0.2, 0.25) is 0 Å². The summed E-state index contributed by atoms with van der Waals surface area (Å²) in [5, 5.41) is 0.816. The molecule has 0 N–H and O–H groups in total. The SMILES string of the molecule is CC(C)(C)C(Br)CCCc1ccc(Cl)cc1. The van der Waals surface area contributed by atoms with E-state index in [1.165, 1.54) is 18.4 Å². The monoisotopic (exact) mass is 302 g/mol. The first kappa shape index (κ1) is 14.1. The van der Waals surface area contributed by atoms with Gasteiger partial charge in [-0.25, -0.2) is 0 Å². The number of benzene rings is 1. The Bertz CT molecular complexity index is 311. The van der Waals surface area contributed by atoms with Crippen LogP contribution < -0.4 is 0 Å². The summed E-state index contributed by atoms with van der Waals surface area (Å²) in [7, 11) is 0. The lowest BCUT2D eigenvalue weighted by Crippen LogP contribution is -2.20. The van der Waals surface area contributed by atoms with Crippen molar-refractivity contribution in [1.29, 1.82) is 0 Å². The Kier molecular flexibility index (Phi) is 5.33. The fourth-order valence-corrected chi connectivity index (χ4v) is 2.02. The normalized spacial score (nSPS) is 13.8. The highest BCUT2D eigenvalue weighted by atomic mass is 79.9. The Morgan fingerprint density at radius 3 is 2.25 bits per heavy atom. The molecule has 16 heavy (non-hydrogen) atoms. The Morgan fingerprint density at radius 1 is 1.19 bits per heavy atom. The van der Waals surface area contributed by atoms with Crippen LogP contribution in [0.15, 0.2) is 24.3 Å². The van der Waals surface area contributed by atoms with E-state index in [1.54, 1.807) is 0 Å². The molecular weight excluding hydrogens is 284 g/mol. The van der Waals surface area contributed by atoms with Crippen molar-refractivity contribution in [3.8, 4) is 0 Å². The summed E-state index contributed by atoms with van der Waals surface area (Å²) in [6.45, 7) is 6.82. The lowest BCUT2D eigenvalue weighted by molar-refractivity contribution is 0.380. The molecule has 1 aromatic rings. The average Bonchev–Trinajstić information content (AvgIpc) is 2.19. The minimum absolute atomic E-state index is 0.347. The maximum Gasteiger partial charge on any atom is 0.0406 e. The molecule has 0 nitrogen and oxygen atoms in total. The van der Waals surface area contributed by atoms with Crippen LogP contribution in [0.25, 0.3) is 0 Å². The second-order valence-corrected chi connectivity index (χ2v) is 6.89. The van der Waals surface area contributed by atoms with Crippen LogP contribution in [0.1, 0.15) is 39.2 Å². The second kappa shape index (κ2) is 6.07. The summed E-state index contributed by atoms with van der Waals surface area (Å²) >= 11 is 9.61. The second-order valence-electron chi connectivity index (χ2n) is 5.35. The van der Waals surface area contributed by atoms with Crippen molar-refractivity contribution < 1.29 is 0 Å². The first-order valence-corrected chi connectivity index (χ1v) is 7.07. The van der Waals surface area contributed by atoms with E-state index in [-0.39, 0.29) is 0 Å². The largest absolute Gasteiger partial charge is 0.0885 e. The van der Waals surface area contributed by atoms with E-state index in [0.29, 0.717) is 10.2 Å². The summed E-state index contributed by atoms with van der Waals surface area (Å²) in [5.41, 5.74) is 1.72. The van der Waals surface area contributed by atoms with Crippen molar-refractivity contribution in [2.75, 3.05) is 0 Å². The van der Waals surface area contributed by atoms with Gasteiger partial charge in [-0.2, -0.15) is 0 Å². The molecule has 0 saturated heterocycles. The zero-order chi connectivity index (χ0) is 12.2. The average molecular weight is 304 g/mol. The lowest BCUT2D eigenvalue weighted by atomic mass is 9.89. The number of rotatable bonds is 4. The molecule has 0 aliphatic carbocycles. The molecular formula is C14H20BrCl. The third-order valence-electron chi connectivity index (χ3n) is 2.78. The van der Waals surface area contributed by atoms with Crippen molar-refractivity contribution in [2.45, 2.75) is 44.9 Å². The Morgan fingerprint density at radius 2 is 1.75 bits per heavy atom. The molecule has 0 fully saturated rings. The molecule has 0 bridgehead atoms. The van der Waals surface area contributed by atoms with Crippen molar-refractivity contribution >= 4 is 27.5 Å². The molecule has 1 atom stereocenters. The summed E-state index contributed by atoms with van der Waals surface area (Å²) in [4.78, 5) is 0.590. The van der Waals surface area contributed by atoms with E-state index < -0.39 is 0 Å². The van der Waals surface area contributed by atoms with Crippen LogP contribution in [0, 0.1) is 5.41 Å². The lowest BCUT2D eigenvalue weighted by Gasteiger charge is -2.25. The molecule has 0 radical (unpaired) electrons. The number of hydrogen-bond donors (Lipinski definition) is 0. The standard InChI is InChI=1S/C14H20BrCl/c1-14(2,3)13(15)6-4-5-11-7-9-12(16)10-8-11/h7-10,13H,4-6H2,1-3H3. The molecule has 0 spiro atoms. The van der Waals surface area contributed by atoms with Crippen molar-refractivity contribution in [3.63, 3.8) is 0 Å². The summed E-state index contributed by atoms with van der Waals surface area (Å²) in [6, 6.07) is 8.16. The number of aryl methyl sites for hydroxylation is 1. The van der Waals surface area contributed by atoms with Crippen LogP contribution in [-0.4, -0.2) is 4.83 Å². The van der Waals surface area contributed by atoms with Crippen molar-refractivity contribution in [2.24, 2.45) is 5.41 Å². The van der Waals surface area contributed by atoms with Gasteiger partial charge in [0.1, 0.15) is 0 Å². The predicted octanol–water partition coefficient (Wildman–Crippen LogP) is 5.47. The number of halogens is 2. The topological polar surface area (TPSA) is 0 Å². The minimum Gasteiger partial charge on any atom is -0.0885 e. The van der Waals surface area contributed by atoms with Gasteiger partial charge in [0, 0.05) is 9.85 Å². The molecule has 1 rings (SSSR count). The van der Waals surface area contributed by atoms with Crippen LogP contribution >= 0.6 is 27.5 Å². The van der Waals surface area contributed by atoms with Gasteiger partial charge in [-0.05, 0) is 42.4 Å². The van der Waals surface area contributed by atoms with Gasteiger partial charge in [0.25, 0.3) is 0 Å². The highest BCUT2D eigenvalue weighted by molar-refractivity contribution is 9.09. The molecule has 0 saturated carbocycles. The summed E-state index contributed by atoms with van der Waals surface area (Å²) < 4.78 is 0. The molecule has 0 amide bonds. The molecule has 90 valence electrons. The van der Waals surface area contributed by atoms with Crippen molar-refractivity contribution in [3.05, 3.63) is 34.9 Å². The molecule has 0 aromatic heterocycles. The number of hydrogen-bond acceptors (Lipinski definition) is 0. The molecule has 0 heterocycles. The van der Waals surface area contributed by atoms with E-state index in [4.69, 9.17) is 11.6 Å². The number of alkyl halides is 1. The van der Waals surface area contributed by atoms with E-state index in [1.807, 2.05) is 12.1 Å². The van der Waals surface area contributed by atoms with Crippen molar-refractivity contribution in [1.82, 2.24) is 0 Å². The van der Waals surface area contributed by atoms with E-state index in [2.05, 4.69) is 48.8 Å². The van der Waals surface area contributed by atoms with Crippen LogP contribution in [0.2, 0.25) is 5.02 Å². The van der Waals surface area contributed by atoms with Gasteiger partial charge >= 0.3 is 0 Å². The van der Waals surface area contributed by atoms with Gasteiger partial charge in [-0.15, -0.1) is 0 Å². The zero-order valence-corrected chi connectivity index (χ0v) is 12.6. The molecule has 1 aromatic carbocycles. The highest BCUT2D eigenvalue weighted by Crippen LogP contribution is 2.29. The van der Waals surface area contributed by atoms with Gasteiger partial charge in [-0.1, -0.05) is 60.4 Å². The minimum atomic E-state index is 0.347. The molecule has 1 unspecified atom stereocenters. The quantitative estimate of drug-likeness (QED) is 0.647. The van der Waals surface area contributed by atoms with Crippen LogP contribution in [0.5, 0.6) is 0 Å². The van der Waals surface area contributed by atoms with Crippen LogP contribution in [0.4, 0.5) is 0 Å². The molecule has 0 aliphatic rings. The van der Waals surface area contributed by atoms with E-state index >= 15 is 0 Å². The fraction of sp³-hybridized carbons (Fsp3) is 0.571. The third-order valence-corrected chi connectivity index (χ3v) is 4.86. The van der Waals surface area contributed by atoms with E-state index in [0.717, 1.165) is 11.4 Å². The first-order chi connectivity index (χ1) is 7.39. The zero-order valence-electron chi connectivity index (χ0n) is 10.3. The van der Waals surface area contributed by atoms with Crippen LogP contribution in [-0.2, 0) is 6.42 Å². The van der Waals surface area contributed by atoms with Gasteiger partial charge in [-0.3, -0.25) is 0 Å². The maximum atomic E-state index is 5.85. The fourth-order valence-electron chi connectivity index (χ4n) is 1.57. The molecule has 2 heteroatoms. The van der Waals surface area contributed by atoms with E-state index in [9.17, 15) is 0 Å². The third kappa shape index (κ3) is 4.88. The smallest absolute Gasteiger partial charge is 0.0406 e. The van der Waals surface area contributed by atoms with Gasteiger partial charge in [0.15, 0.2) is 0 Å².